The van der Waals surface area contributed by atoms with Gasteiger partial charge in [-0.3, -0.25) is 10.2 Å². The van der Waals surface area contributed by atoms with Crippen LogP contribution in [0.5, 0.6) is 0 Å². The number of likely N-dealkylation sites (tertiary alicyclic amines) is 1. The zero-order chi connectivity index (χ0) is 17.9. The van der Waals surface area contributed by atoms with Gasteiger partial charge in [-0.25, -0.2) is 0 Å². The topological polar surface area (TPSA) is 70.7 Å². The number of nitrogens with two attached hydrogens (primary N) is 1. The molecular weight excluding hydrogens is 365 g/mol. The second-order valence-corrected chi connectivity index (χ2v) is 5.98. The fourth-order valence-electron chi connectivity index (χ4n) is 2.21. The molecule has 1 heterocycles. The Bertz CT molecular complexity index is 687. The molecule has 3 N–H and O–H groups in total. The largest absolute Gasteiger partial charge is 0.417 e. The molecule has 0 radical (unpaired) electrons. The van der Waals surface area contributed by atoms with Gasteiger partial charge in [-0.15, -0.1) is 0 Å². The number of hydrogen-bond acceptors (Lipinski definition) is 4. The van der Waals surface area contributed by atoms with Gasteiger partial charge in [0, 0.05) is 13.1 Å². The Labute approximate surface area is 146 Å². The summed E-state index contributed by atoms with van der Waals surface area (Å²) in [6, 6.07) is 3.19. The predicted molar refractivity (Wildman–Crippen MR) is 90.1 cm³/mol. The zero-order valence-corrected chi connectivity index (χ0v) is 13.9. The summed E-state index contributed by atoms with van der Waals surface area (Å²) < 4.78 is 38.5. The maximum Gasteiger partial charge on any atom is 0.417 e. The molecule has 1 fully saturated rings. The molecule has 24 heavy (non-hydrogen) atoms. The summed E-state index contributed by atoms with van der Waals surface area (Å²) in [5.74, 6) is -0.447. The van der Waals surface area contributed by atoms with E-state index in [1.165, 1.54) is 6.07 Å². The Morgan fingerprint density at radius 2 is 1.96 bits per heavy atom. The lowest BCUT2D eigenvalue weighted by molar-refractivity contribution is -0.137. The van der Waals surface area contributed by atoms with Crippen molar-refractivity contribution in [1.82, 2.24) is 4.90 Å². The van der Waals surface area contributed by atoms with Gasteiger partial charge in [-0.2, -0.15) is 18.3 Å². The van der Waals surface area contributed by atoms with Crippen molar-refractivity contribution in [2.24, 2.45) is 10.8 Å². The van der Waals surface area contributed by atoms with Gasteiger partial charge < -0.3 is 10.6 Å². The Balaban J connectivity index is 2.23. The van der Waals surface area contributed by atoms with Crippen LogP contribution in [0.2, 0.25) is 5.02 Å². The number of nitrogens with one attached hydrogen (secondary N) is 1. The molecule has 0 bridgehead atoms. The number of thiocarbonyl (C=S) groups is 1. The predicted octanol–water partition coefficient (Wildman–Crippen LogP) is 3.04. The van der Waals surface area contributed by atoms with Crippen LogP contribution in [0.15, 0.2) is 23.3 Å². The summed E-state index contributed by atoms with van der Waals surface area (Å²) in [6.45, 7) is 1.14. The van der Waals surface area contributed by atoms with Crippen molar-refractivity contribution in [2.75, 3.05) is 18.5 Å². The van der Waals surface area contributed by atoms with Crippen molar-refractivity contribution in [1.29, 1.82) is 0 Å². The van der Waals surface area contributed by atoms with Crippen LogP contribution in [0, 0.1) is 0 Å². The van der Waals surface area contributed by atoms with E-state index in [0.717, 1.165) is 25.0 Å². The zero-order valence-electron chi connectivity index (χ0n) is 12.4. The van der Waals surface area contributed by atoms with Crippen LogP contribution >= 0.6 is 23.8 Å². The number of hydrogen-bond donors (Lipinski definition) is 2. The summed E-state index contributed by atoms with van der Waals surface area (Å²) in [6.07, 6.45) is -2.86. The molecule has 0 aliphatic carbocycles. The molecule has 1 amide bonds. The standard InChI is InChI=1S/C14H14ClF3N4OS/c15-10-4-3-8(7-9(10)14(16,17)18)20-21-11(12(19)24)13(23)22-5-1-2-6-22/h3-4,7,20H,1-2,5-6H2,(H2,19,24)/b21-11+. The molecule has 2 rings (SSSR count). The summed E-state index contributed by atoms with van der Waals surface area (Å²) >= 11 is 10.4. The number of nitrogens with zero attached hydrogens (tertiary/aromatic N) is 2. The number of rotatable bonds is 4. The van der Waals surface area contributed by atoms with Gasteiger partial charge in [-0.05, 0) is 31.0 Å². The van der Waals surface area contributed by atoms with Gasteiger partial charge in [0.25, 0.3) is 5.91 Å². The van der Waals surface area contributed by atoms with E-state index < -0.39 is 22.7 Å². The molecule has 0 atom stereocenters. The minimum atomic E-state index is -4.60. The maximum absolute atomic E-state index is 12.8. The molecule has 1 aromatic carbocycles. The third kappa shape index (κ3) is 4.35. The van der Waals surface area contributed by atoms with E-state index in [-0.39, 0.29) is 16.4 Å². The molecule has 1 aliphatic rings. The van der Waals surface area contributed by atoms with Crippen LogP contribution in [0.1, 0.15) is 18.4 Å². The number of amides is 1. The Hall–Kier alpha value is -1.87. The second-order valence-electron chi connectivity index (χ2n) is 5.13. The van der Waals surface area contributed by atoms with E-state index in [0.29, 0.717) is 13.1 Å². The molecule has 0 unspecified atom stereocenters. The van der Waals surface area contributed by atoms with E-state index in [1.807, 2.05) is 0 Å². The number of anilines is 1. The van der Waals surface area contributed by atoms with Crippen LogP contribution in [0.3, 0.4) is 0 Å². The van der Waals surface area contributed by atoms with Gasteiger partial charge >= 0.3 is 6.18 Å². The number of alkyl halides is 3. The van der Waals surface area contributed by atoms with Crippen LogP contribution in [0.25, 0.3) is 0 Å². The van der Waals surface area contributed by atoms with E-state index in [9.17, 15) is 18.0 Å². The summed E-state index contributed by atoms with van der Waals surface area (Å²) in [7, 11) is 0. The van der Waals surface area contributed by atoms with Crippen LogP contribution in [-0.4, -0.2) is 34.6 Å². The molecule has 1 aliphatic heterocycles. The smallest absolute Gasteiger partial charge is 0.388 e. The lowest BCUT2D eigenvalue weighted by Gasteiger charge is -2.16. The molecule has 5 nitrogen and oxygen atoms in total. The van der Waals surface area contributed by atoms with Crippen LogP contribution in [-0.2, 0) is 11.0 Å². The highest BCUT2D eigenvalue weighted by Gasteiger charge is 2.33. The van der Waals surface area contributed by atoms with Crippen molar-refractivity contribution >= 4 is 46.1 Å². The summed E-state index contributed by atoms with van der Waals surface area (Å²) in [5, 5.41) is 3.36. The van der Waals surface area contributed by atoms with Gasteiger partial charge in [0.2, 0.25) is 0 Å². The molecular formula is C14H14ClF3N4OS. The molecule has 0 saturated carbocycles. The number of carbonyl (C=O) groups excluding carboxylic acids is 1. The van der Waals surface area contributed by atoms with Gasteiger partial charge in [0.1, 0.15) is 4.99 Å². The first-order valence-corrected chi connectivity index (χ1v) is 7.78. The molecule has 10 heteroatoms. The van der Waals surface area contributed by atoms with E-state index in [2.05, 4.69) is 10.5 Å². The number of benzene rings is 1. The number of hydrazone groups is 1. The SMILES string of the molecule is NC(=S)/C(=N\Nc1ccc(Cl)c(C(F)(F)F)c1)C(=O)N1CCCC1. The van der Waals surface area contributed by atoms with Crippen molar-refractivity contribution < 1.29 is 18.0 Å². The molecule has 1 aromatic rings. The highest BCUT2D eigenvalue weighted by molar-refractivity contribution is 7.82. The summed E-state index contributed by atoms with van der Waals surface area (Å²) in [5.41, 5.74) is 6.69. The Morgan fingerprint density at radius 1 is 1.33 bits per heavy atom. The molecule has 1 saturated heterocycles. The lowest BCUT2D eigenvalue weighted by atomic mass is 10.2. The van der Waals surface area contributed by atoms with Gasteiger partial charge in [0.05, 0.1) is 16.3 Å². The minimum absolute atomic E-state index is 0.00898. The molecule has 0 spiro atoms. The number of carbonyl (C=O) groups is 1. The average Bonchev–Trinajstić information content (AvgIpc) is 3.01. The van der Waals surface area contributed by atoms with Crippen molar-refractivity contribution in [3.8, 4) is 0 Å². The highest BCUT2D eigenvalue weighted by atomic mass is 35.5. The molecule has 130 valence electrons. The third-order valence-electron chi connectivity index (χ3n) is 3.40. The number of halogens is 4. The average molecular weight is 379 g/mol. The maximum atomic E-state index is 12.8. The van der Waals surface area contributed by atoms with Crippen LogP contribution < -0.4 is 11.2 Å². The Morgan fingerprint density at radius 3 is 2.50 bits per heavy atom. The highest BCUT2D eigenvalue weighted by Crippen LogP contribution is 2.36. The fraction of sp³-hybridized carbons (Fsp3) is 0.357. The normalized spacial score (nSPS) is 15.5. The monoisotopic (exact) mass is 378 g/mol. The first-order valence-electron chi connectivity index (χ1n) is 6.99. The summed E-state index contributed by atoms with van der Waals surface area (Å²) in [4.78, 5) is 13.6. The first kappa shape index (κ1) is 18.5. The van der Waals surface area contributed by atoms with E-state index in [1.54, 1.807) is 4.90 Å². The lowest BCUT2D eigenvalue weighted by Crippen LogP contribution is -2.40. The third-order valence-corrected chi connectivity index (χ3v) is 3.92. The van der Waals surface area contributed by atoms with Crippen molar-refractivity contribution in [3.63, 3.8) is 0 Å². The van der Waals surface area contributed by atoms with E-state index >= 15 is 0 Å². The minimum Gasteiger partial charge on any atom is -0.388 e. The fourth-order valence-corrected chi connectivity index (χ4v) is 2.57. The quantitative estimate of drug-likeness (QED) is 0.480. The van der Waals surface area contributed by atoms with Crippen LogP contribution in [0.4, 0.5) is 18.9 Å². The van der Waals surface area contributed by atoms with E-state index in [4.69, 9.17) is 29.6 Å². The van der Waals surface area contributed by atoms with Crippen molar-refractivity contribution in [3.05, 3.63) is 28.8 Å². The van der Waals surface area contributed by atoms with Crippen molar-refractivity contribution in [2.45, 2.75) is 19.0 Å². The van der Waals surface area contributed by atoms with Gasteiger partial charge in [-0.1, -0.05) is 23.8 Å². The second kappa shape index (κ2) is 7.35. The van der Waals surface area contributed by atoms with Gasteiger partial charge in [0.15, 0.2) is 5.71 Å². The Kier molecular flexibility index (Phi) is 5.66. The molecule has 0 aromatic heterocycles. The first-order chi connectivity index (χ1) is 11.2.